The van der Waals surface area contributed by atoms with Gasteiger partial charge < -0.3 is 16.2 Å². The molecule has 96 valence electrons. The standard InChI is InChI=1S/C9H12F2N4O.HI/c10-8(11)5-16-7-4-14-2-1-6(7)3-15-9(12)13;/h1-2,4,8H,3,5H2,(H4,12,13,15);1H. The molecule has 0 unspecified atom stereocenters. The van der Waals surface area contributed by atoms with Gasteiger partial charge in [-0.05, 0) is 6.07 Å². The predicted molar refractivity (Wildman–Crippen MR) is 70.7 cm³/mol. The van der Waals surface area contributed by atoms with E-state index in [2.05, 4.69) is 9.98 Å². The molecule has 1 aromatic heterocycles. The van der Waals surface area contributed by atoms with E-state index in [-0.39, 0.29) is 42.2 Å². The molecule has 0 aliphatic rings. The molecular weight excluding hydrogens is 345 g/mol. The van der Waals surface area contributed by atoms with E-state index in [1.807, 2.05) is 0 Å². The van der Waals surface area contributed by atoms with E-state index in [0.717, 1.165) is 0 Å². The van der Waals surface area contributed by atoms with Crippen LogP contribution < -0.4 is 16.2 Å². The van der Waals surface area contributed by atoms with Crippen LogP contribution in [0.4, 0.5) is 8.78 Å². The van der Waals surface area contributed by atoms with Crippen LogP contribution in [0.1, 0.15) is 5.56 Å². The molecule has 0 fully saturated rings. The lowest BCUT2D eigenvalue weighted by Crippen LogP contribution is -2.22. The second-order valence-electron chi connectivity index (χ2n) is 2.93. The number of hydrogen-bond acceptors (Lipinski definition) is 3. The van der Waals surface area contributed by atoms with Crippen LogP contribution in [0.2, 0.25) is 0 Å². The molecule has 5 nitrogen and oxygen atoms in total. The first kappa shape index (κ1) is 15.8. The number of rotatable bonds is 5. The van der Waals surface area contributed by atoms with Gasteiger partial charge in [0.15, 0.2) is 5.96 Å². The van der Waals surface area contributed by atoms with E-state index in [9.17, 15) is 8.78 Å². The molecule has 1 rings (SSSR count). The van der Waals surface area contributed by atoms with Crippen LogP contribution in [0.5, 0.6) is 5.75 Å². The van der Waals surface area contributed by atoms with Crippen LogP contribution in [-0.2, 0) is 6.54 Å². The summed E-state index contributed by atoms with van der Waals surface area (Å²) in [5.74, 6) is 0.185. The van der Waals surface area contributed by atoms with Crippen LogP contribution in [-0.4, -0.2) is 24.0 Å². The summed E-state index contributed by atoms with van der Waals surface area (Å²) in [6.07, 6.45) is 0.323. The normalized spacial score (nSPS) is 9.59. The van der Waals surface area contributed by atoms with Gasteiger partial charge in [0.2, 0.25) is 0 Å². The molecule has 0 aromatic carbocycles. The maximum absolute atomic E-state index is 12.0. The van der Waals surface area contributed by atoms with Gasteiger partial charge in [-0.25, -0.2) is 13.8 Å². The molecule has 8 heteroatoms. The van der Waals surface area contributed by atoms with Gasteiger partial charge in [-0.2, -0.15) is 0 Å². The number of aliphatic imine (C=N–C) groups is 1. The Morgan fingerprint density at radius 3 is 2.76 bits per heavy atom. The highest BCUT2D eigenvalue weighted by Gasteiger charge is 2.07. The minimum atomic E-state index is -2.53. The fraction of sp³-hybridized carbons (Fsp3) is 0.333. The molecule has 4 N–H and O–H groups in total. The molecule has 0 bridgehead atoms. The van der Waals surface area contributed by atoms with Crippen molar-refractivity contribution < 1.29 is 13.5 Å². The number of hydrogen-bond donors (Lipinski definition) is 2. The van der Waals surface area contributed by atoms with Crippen molar-refractivity contribution >= 4 is 29.9 Å². The summed E-state index contributed by atoms with van der Waals surface area (Å²) in [6, 6.07) is 1.60. The smallest absolute Gasteiger partial charge is 0.272 e. The molecule has 1 aromatic rings. The molecule has 0 saturated carbocycles. The van der Waals surface area contributed by atoms with E-state index >= 15 is 0 Å². The fourth-order valence-corrected chi connectivity index (χ4v) is 0.999. The number of nitrogens with zero attached hydrogens (tertiary/aromatic N) is 2. The quantitative estimate of drug-likeness (QED) is 0.469. The molecule has 0 amide bonds. The van der Waals surface area contributed by atoms with Gasteiger partial charge in [0.1, 0.15) is 12.4 Å². The molecule has 0 atom stereocenters. The Kier molecular flexibility index (Phi) is 7.42. The van der Waals surface area contributed by atoms with Crippen molar-refractivity contribution in [3.8, 4) is 5.75 Å². The lowest BCUT2D eigenvalue weighted by atomic mass is 10.2. The first-order valence-corrected chi connectivity index (χ1v) is 4.49. The summed E-state index contributed by atoms with van der Waals surface area (Å²) in [4.78, 5) is 7.53. The van der Waals surface area contributed by atoms with Crippen molar-refractivity contribution in [1.29, 1.82) is 0 Å². The predicted octanol–water partition coefficient (Wildman–Crippen LogP) is 1.12. The highest BCUT2D eigenvalue weighted by atomic mass is 127. The Bertz CT molecular complexity index is 372. The largest absolute Gasteiger partial charge is 0.486 e. The van der Waals surface area contributed by atoms with Crippen molar-refractivity contribution in [2.45, 2.75) is 13.0 Å². The number of pyridine rings is 1. The zero-order valence-corrected chi connectivity index (χ0v) is 11.2. The Balaban J connectivity index is 0.00000256. The van der Waals surface area contributed by atoms with Gasteiger partial charge in [-0.15, -0.1) is 24.0 Å². The van der Waals surface area contributed by atoms with Crippen LogP contribution in [0.3, 0.4) is 0 Å². The highest BCUT2D eigenvalue weighted by molar-refractivity contribution is 14.0. The minimum absolute atomic E-state index is 0. The third-order valence-corrected chi connectivity index (χ3v) is 1.67. The average molecular weight is 358 g/mol. The van der Waals surface area contributed by atoms with Crippen molar-refractivity contribution in [1.82, 2.24) is 4.98 Å². The molecule has 0 radical (unpaired) electrons. The Hall–Kier alpha value is -1.19. The second-order valence-corrected chi connectivity index (χ2v) is 2.93. The molecule has 0 aliphatic heterocycles. The van der Waals surface area contributed by atoms with E-state index in [0.29, 0.717) is 5.56 Å². The van der Waals surface area contributed by atoms with Gasteiger partial charge in [0.25, 0.3) is 6.43 Å². The van der Waals surface area contributed by atoms with E-state index in [4.69, 9.17) is 16.2 Å². The Morgan fingerprint density at radius 1 is 1.47 bits per heavy atom. The van der Waals surface area contributed by atoms with Gasteiger partial charge in [0, 0.05) is 11.8 Å². The third kappa shape index (κ3) is 6.19. The molecule has 17 heavy (non-hydrogen) atoms. The Labute approximate surface area is 114 Å². The van der Waals surface area contributed by atoms with E-state index in [1.54, 1.807) is 6.07 Å². The monoisotopic (exact) mass is 358 g/mol. The minimum Gasteiger partial charge on any atom is -0.486 e. The van der Waals surface area contributed by atoms with Crippen molar-refractivity contribution in [3.05, 3.63) is 24.0 Å². The van der Waals surface area contributed by atoms with Gasteiger partial charge >= 0.3 is 0 Å². The number of guanidine groups is 1. The van der Waals surface area contributed by atoms with Crippen LogP contribution in [0.25, 0.3) is 0 Å². The zero-order chi connectivity index (χ0) is 12.0. The summed E-state index contributed by atoms with van der Waals surface area (Å²) in [7, 11) is 0. The number of ether oxygens (including phenoxy) is 1. The van der Waals surface area contributed by atoms with Crippen molar-refractivity contribution in [3.63, 3.8) is 0 Å². The third-order valence-electron chi connectivity index (χ3n) is 1.67. The number of nitrogens with two attached hydrogens (primary N) is 2. The number of aromatic nitrogens is 1. The Morgan fingerprint density at radius 2 is 2.18 bits per heavy atom. The first-order valence-electron chi connectivity index (χ1n) is 4.49. The van der Waals surface area contributed by atoms with Crippen LogP contribution >= 0.6 is 24.0 Å². The number of halogens is 3. The molecule has 0 saturated heterocycles. The van der Waals surface area contributed by atoms with Crippen LogP contribution in [0, 0.1) is 0 Å². The van der Waals surface area contributed by atoms with Crippen LogP contribution in [0.15, 0.2) is 23.5 Å². The summed E-state index contributed by atoms with van der Waals surface area (Å²) >= 11 is 0. The zero-order valence-electron chi connectivity index (χ0n) is 8.85. The molecule has 0 aliphatic carbocycles. The average Bonchev–Trinajstić information content (AvgIpc) is 2.24. The fourth-order valence-electron chi connectivity index (χ4n) is 0.999. The number of alkyl halides is 2. The molecule has 1 heterocycles. The van der Waals surface area contributed by atoms with E-state index in [1.165, 1.54) is 12.4 Å². The van der Waals surface area contributed by atoms with E-state index < -0.39 is 13.0 Å². The summed E-state index contributed by atoms with van der Waals surface area (Å²) < 4.78 is 28.8. The van der Waals surface area contributed by atoms with Gasteiger partial charge in [-0.3, -0.25) is 4.98 Å². The lowest BCUT2D eigenvalue weighted by Gasteiger charge is -2.08. The van der Waals surface area contributed by atoms with Crippen molar-refractivity contribution in [2.75, 3.05) is 6.61 Å². The lowest BCUT2D eigenvalue weighted by molar-refractivity contribution is 0.0812. The SMILES string of the molecule is I.NC(N)=NCc1ccncc1OCC(F)F. The summed E-state index contributed by atoms with van der Waals surface area (Å²) in [6.45, 7) is -0.510. The topological polar surface area (TPSA) is 86.5 Å². The van der Waals surface area contributed by atoms with Gasteiger partial charge in [0.05, 0.1) is 12.7 Å². The van der Waals surface area contributed by atoms with Gasteiger partial charge in [-0.1, -0.05) is 0 Å². The maximum atomic E-state index is 12.0. The van der Waals surface area contributed by atoms with Crippen molar-refractivity contribution in [2.24, 2.45) is 16.5 Å². The maximum Gasteiger partial charge on any atom is 0.272 e. The second kappa shape index (κ2) is 7.98. The highest BCUT2D eigenvalue weighted by Crippen LogP contribution is 2.17. The first-order chi connectivity index (χ1) is 7.59. The summed E-state index contributed by atoms with van der Waals surface area (Å²) in [5.41, 5.74) is 10.9. The summed E-state index contributed by atoms with van der Waals surface area (Å²) in [5, 5.41) is 0. The molecular formula is C9H13F2IN4O. The molecule has 0 spiro atoms.